The van der Waals surface area contributed by atoms with Gasteiger partial charge in [-0.05, 0) is 22.8 Å². The van der Waals surface area contributed by atoms with Gasteiger partial charge in [-0.1, -0.05) is 54.6 Å². The van der Waals surface area contributed by atoms with Gasteiger partial charge in [-0.2, -0.15) is 0 Å². The van der Waals surface area contributed by atoms with Gasteiger partial charge in [0.25, 0.3) is 0 Å². The van der Waals surface area contributed by atoms with Crippen LogP contribution in [0.5, 0.6) is 0 Å². The van der Waals surface area contributed by atoms with E-state index < -0.39 is 0 Å². The molecule has 1 aliphatic heterocycles. The summed E-state index contributed by atoms with van der Waals surface area (Å²) >= 11 is 0. The van der Waals surface area contributed by atoms with E-state index in [0.717, 1.165) is 16.7 Å². The molecule has 0 fully saturated rings. The summed E-state index contributed by atoms with van der Waals surface area (Å²) in [5.41, 5.74) is 9.12. The summed E-state index contributed by atoms with van der Waals surface area (Å²) in [4.78, 5) is 26.1. The van der Waals surface area contributed by atoms with E-state index in [4.69, 9.17) is 5.73 Å². The van der Waals surface area contributed by atoms with E-state index in [1.165, 1.54) is 6.92 Å². The fourth-order valence-corrected chi connectivity index (χ4v) is 3.20. The minimum atomic E-state index is -0.304. The molecule has 0 saturated heterocycles. The van der Waals surface area contributed by atoms with Crippen LogP contribution in [0.4, 0.5) is 0 Å². The Labute approximate surface area is 153 Å². The summed E-state index contributed by atoms with van der Waals surface area (Å²) in [5.74, 6) is -0.215. The van der Waals surface area contributed by atoms with Crippen LogP contribution in [0.3, 0.4) is 0 Å². The van der Waals surface area contributed by atoms with Crippen LogP contribution in [-0.4, -0.2) is 23.3 Å². The van der Waals surface area contributed by atoms with Crippen LogP contribution in [0.2, 0.25) is 0 Å². The number of rotatable bonds is 5. The lowest BCUT2D eigenvalue weighted by Gasteiger charge is -2.32. The van der Waals surface area contributed by atoms with E-state index in [0.29, 0.717) is 6.54 Å². The fraction of sp³-hybridized carbons (Fsp3) is 0.238. The van der Waals surface area contributed by atoms with Crippen molar-refractivity contribution in [2.75, 3.05) is 6.54 Å². The summed E-state index contributed by atoms with van der Waals surface area (Å²) in [5, 5.41) is 2.89. The Hall–Kier alpha value is -2.92. The number of nitrogens with zero attached hydrogens (tertiary/aromatic N) is 1. The molecule has 3 N–H and O–H groups in total. The van der Waals surface area contributed by atoms with E-state index in [9.17, 15) is 9.59 Å². The van der Waals surface area contributed by atoms with Crippen molar-refractivity contribution in [2.24, 2.45) is 5.73 Å². The largest absolute Gasteiger partial charge is 0.354 e. The van der Waals surface area contributed by atoms with Gasteiger partial charge in [-0.25, -0.2) is 0 Å². The minimum absolute atomic E-state index is 0.0884. The van der Waals surface area contributed by atoms with Crippen LogP contribution in [0.25, 0.3) is 6.08 Å². The number of benzene rings is 2. The molecule has 2 aromatic carbocycles. The Morgan fingerprint density at radius 2 is 1.81 bits per heavy atom. The predicted octanol–water partition coefficient (Wildman–Crippen LogP) is 2.77. The van der Waals surface area contributed by atoms with Gasteiger partial charge in [-0.15, -0.1) is 0 Å². The molecule has 0 aromatic heterocycles. The van der Waals surface area contributed by atoms with Crippen LogP contribution >= 0.6 is 0 Å². The van der Waals surface area contributed by atoms with E-state index in [1.54, 1.807) is 11.1 Å². The van der Waals surface area contributed by atoms with E-state index in [2.05, 4.69) is 5.32 Å². The first-order valence-electron chi connectivity index (χ1n) is 8.69. The van der Waals surface area contributed by atoms with Gasteiger partial charge in [0.15, 0.2) is 0 Å². The maximum Gasteiger partial charge on any atom is 0.223 e. The molecule has 0 bridgehead atoms. The van der Waals surface area contributed by atoms with Gasteiger partial charge in [-0.3, -0.25) is 9.59 Å². The molecular weight excluding hydrogens is 326 g/mol. The third kappa shape index (κ3) is 4.00. The quantitative estimate of drug-likeness (QED) is 0.871. The SMILES string of the molecule is CC(=O)N1C=Cc2ccccc2C1CC(=O)NCC(N)c1ccccc1. The Morgan fingerprint density at radius 1 is 1.12 bits per heavy atom. The zero-order chi connectivity index (χ0) is 18.5. The molecule has 26 heavy (non-hydrogen) atoms. The highest BCUT2D eigenvalue weighted by Gasteiger charge is 2.28. The van der Waals surface area contributed by atoms with Crippen molar-refractivity contribution >= 4 is 17.9 Å². The van der Waals surface area contributed by atoms with Crippen LogP contribution in [0, 0.1) is 0 Å². The number of fused-ring (bicyclic) bond motifs is 1. The van der Waals surface area contributed by atoms with Crippen molar-refractivity contribution in [3.05, 3.63) is 77.5 Å². The first kappa shape index (κ1) is 17.9. The molecule has 2 amide bonds. The number of carbonyl (C=O) groups is 2. The number of nitrogens with two attached hydrogens (primary N) is 1. The van der Waals surface area contributed by atoms with E-state index in [1.807, 2.05) is 60.7 Å². The average molecular weight is 349 g/mol. The predicted molar refractivity (Wildman–Crippen MR) is 102 cm³/mol. The van der Waals surface area contributed by atoms with Crippen molar-refractivity contribution in [3.63, 3.8) is 0 Å². The highest BCUT2D eigenvalue weighted by molar-refractivity contribution is 5.81. The number of nitrogens with one attached hydrogen (secondary N) is 1. The maximum absolute atomic E-state index is 12.5. The molecule has 2 atom stereocenters. The van der Waals surface area contributed by atoms with Gasteiger partial charge >= 0.3 is 0 Å². The molecule has 0 saturated carbocycles. The molecule has 2 aromatic rings. The Kier molecular flexibility index (Phi) is 5.49. The second-order valence-corrected chi connectivity index (χ2v) is 6.41. The minimum Gasteiger partial charge on any atom is -0.354 e. The molecule has 3 rings (SSSR count). The third-order valence-electron chi connectivity index (χ3n) is 4.59. The smallest absolute Gasteiger partial charge is 0.223 e. The lowest BCUT2D eigenvalue weighted by Crippen LogP contribution is -2.37. The topological polar surface area (TPSA) is 75.4 Å². The molecule has 5 nitrogen and oxygen atoms in total. The first-order chi connectivity index (χ1) is 12.6. The van der Waals surface area contributed by atoms with Crippen molar-refractivity contribution < 1.29 is 9.59 Å². The normalized spacial score (nSPS) is 16.7. The summed E-state index contributed by atoms with van der Waals surface area (Å²) in [6, 6.07) is 16.9. The Morgan fingerprint density at radius 3 is 2.54 bits per heavy atom. The Bertz CT molecular complexity index is 817. The van der Waals surface area contributed by atoms with Gasteiger partial charge in [0.05, 0.1) is 12.5 Å². The monoisotopic (exact) mass is 349 g/mol. The molecule has 1 aliphatic rings. The van der Waals surface area contributed by atoms with E-state index >= 15 is 0 Å². The number of hydrogen-bond acceptors (Lipinski definition) is 3. The molecule has 5 heteroatoms. The molecule has 1 heterocycles. The molecule has 134 valence electrons. The van der Waals surface area contributed by atoms with E-state index in [-0.39, 0.29) is 30.3 Å². The van der Waals surface area contributed by atoms with Gasteiger partial charge in [0, 0.05) is 25.7 Å². The molecule has 0 radical (unpaired) electrons. The molecule has 0 spiro atoms. The summed E-state index contributed by atoms with van der Waals surface area (Å²) in [7, 11) is 0. The molecular formula is C21H23N3O2. The zero-order valence-electron chi connectivity index (χ0n) is 14.8. The van der Waals surface area contributed by atoms with Crippen molar-refractivity contribution in [2.45, 2.75) is 25.4 Å². The number of hydrogen-bond donors (Lipinski definition) is 2. The highest BCUT2D eigenvalue weighted by atomic mass is 16.2. The average Bonchev–Trinajstić information content (AvgIpc) is 2.66. The third-order valence-corrected chi connectivity index (χ3v) is 4.59. The maximum atomic E-state index is 12.5. The lowest BCUT2D eigenvalue weighted by atomic mass is 9.93. The van der Waals surface area contributed by atoms with Crippen LogP contribution in [0.15, 0.2) is 60.8 Å². The second-order valence-electron chi connectivity index (χ2n) is 6.41. The zero-order valence-corrected chi connectivity index (χ0v) is 14.8. The summed E-state index contributed by atoms with van der Waals surface area (Å²) < 4.78 is 0. The second kappa shape index (κ2) is 7.97. The number of amides is 2. The summed E-state index contributed by atoms with van der Waals surface area (Å²) in [6.07, 6.45) is 3.84. The number of carbonyl (C=O) groups excluding carboxylic acids is 2. The highest BCUT2D eigenvalue weighted by Crippen LogP contribution is 2.32. The van der Waals surface area contributed by atoms with Crippen molar-refractivity contribution in [1.29, 1.82) is 0 Å². The van der Waals surface area contributed by atoms with Crippen LogP contribution in [0.1, 0.15) is 42.1 Å². The molecule has 2 unspecified atom stereocenters. The van der Waals surface area contributed by atoms with Crippen molar-refractivity contribution in [1.82, 2.24) is 10.2 Å². The standard InChI is InChI=1S/C21H23N3O2/c1-15(25)24-12-11-16-7-5-6-10-18(16)20(24)13-21(26)23-14-19(22)17-8-3-2-4-9-17/h2-12,19-20H,13-14,22H2,1H3,(H,23,26). The van der Waals surface area contributed by atoms with Crippen LogP contribution in [-0.2, 0) is 9.59 Å². The molecule has 0 aliphatic carbocycles. The lowest BCUT2D eigenvalue weighted by molar-refractivity contribution is -0.129. The van der Waals surface area contributed by atoms with Crippen molar-refractivity contribution in [3.8, 4) is 0 Å². The first-order valence-corrected chi connectivity index (χ1v) is 8.69. The summed E-state index contributed by atoms with van der Waals surface area (Å²) in [6.45, 7) is 1.86. The fourth-order valence-electron chi connectivity index (χ4n) is 3.20. The van der Waals surface area contributed by atoms with Gasteiger partial charge in [0.2, 0.25) is 11.8 Å². The van der Waals surface area contributed by atoms with Gasteiger partial charge in [0.1, 0.15) is 0 Å². The van der Waals surface area contributed by atoms with Gasteiger partial charge < -0.3 is 16.0 Å². The Balaban J connectivity index is 1.67. The van der Waals surface area contributed by atoms with Crippen LogP contribution < -0.4 is 11.1 Å².